The predicted octanol–water partition coefficient (Wildman–Crippen LogP) is 0.690. The Labute approximate surface area is 84.7 Å². The molecule has 0 aliphatic rings. The number of hydrogen-bond acceptors (Lipinski definition) is 4. The van der Waals surface area contributed by atoms with Gasteiger partial charge in [-0.3, -0.25) is 10.1 Å². The zero-order valence-corrected chi connectivity index (χ0v) is 8.41. The van der Waals surface area contributed by atoms with Crippen molar-refractivity contribution in [2.24, 2.45) is 5.14 Å². The summed E-state index contributed by atoms with van der Waals surface area (Å²) in [6, 6.07) is 1.47. The molecule has 0 aliphatic carbocycles. The van der Waals surface area contributed by atoms with E-state index in [2.05, 4.69) is 0 Å². The van der Waals surface area contributed by atoms with Crippen molar-refractivity contribution in [1.82, 2.24) is 0 Å². The van der Waals surface area contributed by atoms with E-state index in [1.807, 2.05) is 0 Å². The predicted molar refractivity (Wildman–Crippen MR) is 49.2 cm³/mol. The zero-order valence-electron chi connectivity index (χ0n) is 7.60. The van der Waals surface area contributed by atoms with Gasteiger partial charge in [0.05, 0.1) is 11.0 Å². The van der Waals surface area contributed by atoms with Crippen LogP contribution < -0.4 is 5.14 Å². The monoisotopic (exact) mass is 234 g/mol. The van der Waals surface area contributed by atoms with Gasteiger partial charge in [-0.05, 0) is 12.5 Å². The summed E-state index contributed by atoms with van der Waals surface area (Å²) in [5, 5.41) is 15.1. The van der Waals surface area contributed by atoms with Crippen molar-refractivity contribution in [2.45, 2.75) is 11.8 Å². The summed E-state index contributed by atoms with van der Waals surface area (Å²) >= 11 is 0. The van der Waals surface area contributed by atoms with Crippen molar-refractivity contribution < 1.29 is 17.7 Å². The molecule has 0 amide bonds. The molecule has 0 heterocycles. The number of primary sulfonamides is 1. The van der Waals surface area contributed by atoms with Crippen LogP contribution in [0.4, 0.5) is 10.1 Å². The number of sulfonamides is 1. The molecule has 0 atom stereocenters. The molecule has 0 aromatic heterocycles. The first-order chi connectivity index (χ1) is 6.73. The van der Waals surface area contributed by atoms with E-state index in [0.717, 1.165) is 6.07 Å². The molecule has 1 aromatic rings. The first kappa shape index (κ1) is 11.5. The Bertz CT molecular complexity index is 503. The SMILES string of the molecule is Cc1cc([N+](=O)[O-])cc(F)c1S(N)(=O)=O. The third kappa shape index (κ3) is 2.28. The minimum atomic E-state index is -4.20. The van der Waals surface area contributed by atoms with Crippen molar-refractivity contribution in [3.8, 4) is 0 Å². The summed E-state index contributed by atoms with van der Waals surface area (Å²) in [5.41, 5.74) is -0.610. The highest BCUT2D eigenvalue weighted by Crippen LogP contribution is 2.23. The minimum absolute atomic E-state index is 0.0933. The molecule has 0 bridgehead atoms. The molecule has 0 saturated carbocycles. The number of nitro groups is 1. The van der Waals surface area contributed by atoms with Gasteiger partial charge in [0.15, 0.2) is 0 Å². The van der Waals surface area contributed by atoms with Crippen LogP contribution in [0.25, 0.3) is 0 Å². The number of nitro benzene ring substituents is 1. The van der Waals surface area contributed by atoms with Crippen LogP contribution in [0.3, 0.4) is 0 Å². The zero-order chi connectivity index (χ0) is 11.8. The molecule has 82 valence electrons. The lowest BCUT2D eigenvalue weighted by Crippen LogP contribution is -2.16. The van der Waals surface area contributed by atoms with Crippen LogP contribution >= 0.6 is 0 Å². The Morgan fingerprint density at radius 2 is 2.00 bits per heavy atom. The molecule has 1 rings (SSSR count). The number of rotatable bonds is 2. The first-order valence-corrected chi connectivity index (χ1v) is 5.25. The Hall–Kier alpha value is -1.54. The Kier molecular flexibility index (Phi) is 2.73. The Morgan fingerprint density at radius 1 is 1.47 bits per heavy atom. The topological polar surface area (TPSA) is 103 Å². The van der Waals surface area contributed by atoms with Crippen molar-refractivity contribution in [2.75, 3.05) is 0 Å². The van der Waals surface area contributed by atoms with E-state index in [1.165, 1.54) is 6.92 Å². The number of non-ortho nitro benzene ring substituents is 1. The Balaban J connectivity index is 3.55. The lowest BCUT2D eigenvalue weighted by atomic mass is 10.2. The summed E-state index contributed by atoms with van der Waals surface area (Å²) in [6.07, 6.45) is 0. The molecule has 15 heavy (non-hydrogen) atoms. The maximum absolute atomic E-state index is 13.2. The normalized spacial score (nSPS) is 11.4. The molecule has 1 aromatic carbocycles. The highest BCUT2D eigenvalue weighted by molar-refractivity contribution is 7.89. The van der Waals surface area contributed by atoms with Gasteiger partial charge in [-0.15, -0.1) is 0 Å². The van der Waals surface area contributed by atoms with Crippen molar-refractivity contribution >= 4 is 15.7 Å². The second-order valence-electron chi connectivity index (χ2n) is 2.88. The van der Waals surface area contributed by atoms with E-state index in [1.54, 1.807) is 0 Å². The highest BCUT2D eigenvalue weighted by Gasteiger charge is 2.21. The largest absolute Gasteiger partial charge is 0.272 e. The summed E-state index contributed by atoms with van der Waals surface area (Å²) in [5.74, 6) is -1.22. The molecular formula is C7H7FN2O4S. The van der Waals surface area contributed by atoms with Gasteiger partial charge >= 0.3 is 0 Å². The molecule has 0 fully saturated rings. The van der Waals surface area contributed by atoms with Crippen LogP contribution in [0, 0.1) is 22.9 Å². The van der Waals surface area contributed by atoms with Crippen LogP contribution in [-0.4, -0.2) is 13.3 Å². The van der Waals surface area contributed by atoms with Gasteiger partial charge in [0, 0.05) is 6.07 Å². The number of nitrogens with zero attached hydrogens (tertiary/aromatic N) is 1. The molecule has 0 spiro atoms. The van der Waals surface area contributed by atoms with Gasteiger partial charge in [0.25, 0.3) is 5.69 Å². The molecule has 8 heteroatoms. The minimum Gasteiger partial charge on any atom is -0.258 e. The van der Waals surface area contributed by atoms with Crippen molar-refractivity contribution in [1.29, 1.82) is 0 Å². The lowest BCUT2D eigenvalue weighted by molar-refractivity contribution is -0.385. The molecule has 0 saturated heterocycles. The summed E-state index contributed by atoms with van der Waals surface area (Å²) < 4.78 is 35.1. The van der Waals surface area contributed by atoms with E-state index >= 15 is 0 Å². The average molecular weight is 234 g/mol. The van der Waals surface area contributed by atoms with Crippen LogP contribution in [0.5, 0.6) is 0 Å². The van der Waals surface area contributed by atoms with Crippen molar-refractivity contribution in [3.05, 3.63) is 33.6 Å². The number of benzene rings is 1. The van der Waals surface area contributed by atoms with E-state index in [0.29, 0.717) is 6.07 Å². The fraction of sp³-hybridized carbons (Fsp3) is 0.143. The standard InChI is InChI=1S/C7H7FN2O4S/c1-4-2-5(10(11)12)3-6(8)7(4)15(9,13)14/h2-3H,1H3,(H2,9,13,14). The molecular weight excluding hydrogens is 227 g/mol. The van der Waals surface area contributed by atoms with Gasteiger partial charge < -0.3 is 0 Å². The number of halogens is 1. The Morgan fingerprint density at radius 3 is 2.33 bits per heavy atom. The van der Waals surface area contributed by atoms with Crippen molar-refractivity contribution in [3.63, 3.8) is 0 Å². The second kappa shape index (κ2) is 3.55. The maximum Gasteiger partial charge on any atom is 0.272 e. The maximum atomic E-state index is 13.2. The summed E-state index contributed by atoms with van der Waals surface area (Å²) in [6.45, 7) is 1.23. The van der Waals surface area contributed by atoms with E-state index < -0.39 is 31.3 Å². The third-order valence-corrected chi connectivity index (χ3v) is 2.80. The van der Waals surface area contributed by atoms with E-state index in [-0.39, 0.29) is 5.56 Å². The lowest BCUT2D eigenvalue weighted by Gasteiger charge is -2.04. The van der Waals surface area contributed by atoms with E-state index in [4.69, 9.17) is 5.14 Å². The number of hydrogen-bond donors (Lipinski definition) is 1. The van der Waals surface area contributed by atoms with Gasteiger partial charge in [-0.2, -0.15) is 0 Å². The average Bonchev–Trinajstić information content (AvgIpc) is 1.99. The van der Waals surface area contributed by atoms with Crippen LogP contribution in [0.15, 0.2) is 17.0 Å². The van der Waals surface area contributed by atoms with Gasteiger partial charge in [-0.1, -0.05) is 0 Å². The van der Waals surface area contributed by atoms with Crippen LogP contribution in [0.2, 0.25) is 0 Å². The highest BCUT2D eigenvalue weighted by atomic mass is 32.2. The summed E-state index contributed by atoms with van der Waals surface area (Å²) in [4.78, 5) is 8.79. The molecule has 2 N–H and O–H groups in total. The van der Waals surface area contributed by atoms with Gasteiger partial charge in [-0.25, -0.2) is 17.9 Å². The first-order valence-electron chi connectivity index (χ1n) is 3.71. The smallest absolute Gasteiger partial charge is 0.258 e. The molecule has 0 aliphatic heterocycles. The van der Waals surface area contributed by atoms with E-state index in [9.17, 15) is 22.9 Å². The van der Waals surface area contributed by atoms with Gasteiger partial charge in [0.1, 0.15) is 10.7 Å². The molecule has 0 radical (unpaired) electrons. The quantitative estimate of drug-likeness (QED) is 0.600. The second-order valence-corrected chi connectivity index (χ2v) is 4.37. The third-order valence-electron chi connectivity index (χ3n) is 1.71. The number of nitrogens with two attached hydrogens (primary N) is 1. The van der Waals surface area contributed by atoms with Crippen LogP contribution in [0.1, 0.15) is 5.56 Å². The number of aryl methyl sites for hydroxylation is 1. The molecule has 0 unspecified atom stereocenters. The summed E-state index contributed by atoms with van der Waals surface area (Å²) in [7, 11) is -4.20. The fourth-order valence-corrected chi connectivity index (χ4v) is 2.02. The fourth-order valence-electron chi connectivity index (χ4n) is 1.18. The van der Waals surface area contributed by atoms with Crippen LogP contribution in [-0.2, 0) is 10.0 Å². The molecule has 6 nitrogen and oxygen atoms in total. The van der Waals surface area contributed by atoms with Gasteiger partial charge in [0.2, 0.25) is 10.0 Å².